The molecule has 188 valence electrons. The second kappa shape index (κ2) is 8.90. The maximum absolute atomic E-state index is 13.6. The Labute approximate surface area is 212 Å². The zero-order valence-corrected chi connectivity index (χ0v) is 22.0. The maximum Gasteiger partial charge on any atom is 0.273 e. The van der Waals surface area contributed by atoms with Crippen LogP contribution in [0.2, 0.25) is 0 Å². The highest BCUT2D eigenvalue weighted by Gasteiger charge is 2.36. The molecule has 1 amide bonds. The molecule has 3 aromatic rings. The van der Waals surface area contributed by atoms with Crippen molar-refractivity contribution in [1.82, 2.24) is 19.3 Å². The number of anilines is 1. The molecule has 0 N–H and O–H groups in total. The summed E-state index contributed by atoms with van der Waals surface area (Å²) in [5.74, 6) is 0.940. The van der Waals surface area contributed by atoms with Crippen LogP contribution in [0.15, 0.2) is 24.4 Å². The van der Waals surface area contributed by atoms with Crippen LogP contribution in [0.1, 0.15) is 79.1 Å². The lowest BCUT2D eigenvalue weighted by atomic mass is 9.86. The van der Waals surface area contributed by atoms with Gasteiger partial charge in [-0.05, 0) is 51.3 Å². The molecule has 36 heavy (non-hydrogen) atoms. The first-order valence-electron chi connectivity index (χ1n) is 12.7. The number of fused-ring (bicyclic) bond motifs is 2. The second-order valence-corrected chi connectivity index (χ2v) is 10.9. The zero-order chi connectivity index (χ0) is 25.8. The molecule has 1 atom stereocenters. The van der Waals surface area contributed by atoms with Crippen LogP contribution < -0.4 is 4.90 Å². The molecule has 1 unspecified atom stereocenters. The van der Waals surface area contributed by atoms with Crippen LogP contribution in [0.3, 0.4) is 0 Å². The Balaban J connectivity index is 1.47. The van der Waals surface area contributed by atoms with Crippen LogP contribution in [0.4, 0.5) is 5.82 Å². The number of hydrogen-bond acceptors (Lipinski definition) is 6. The number of nitriles is 1. The Morgan fingerprint density at radius 1 is 1.22 bits per heavy atom. The van der Waals surface area contributed by atoms with Crippen LogP contribution >= 0.6 is 0 Å². The Hall–Kier alpha value is -3.44. The number of aryl methyl sites for hydroxylation is 1. The number of nitrogens with zero attached hydrogens (tertiary/aromatic N) is 6. The summed E-state index contributed by atoms with van der Waals surface area (Å²) in [7, 11) is 0. The Morgan fingerprint density at radius 2 is 2.00 bits per heavy atom. The lowest BCUT2D eigenvalue weighted by Gasteiger charge is -2.42. The molecule has 3 aromatic heterocycles. The lowest BCUT2D eigenvalue weighted by Crippen LogP contribution is -2.54. The summed E-state index contributed by atoms with van der Waals surface area (Å²) in [6.07, 6.45) is 2.57. The Morgan fingerprint density at radius 3 is 2.69 bits per heavy atom. The van der Waals surface area contributed by atoms with Gasteiger partial charge in [0.2, 0.25) is 0 Å². The Kier molecular flexibility index (Phi) is 6.00. The fourth-order valence-corrected chi connectivity index (χ4v) is 5.56. The van der Waals surface area contributed by atoms with E-state index < -0.39 is 0 Å². The van der Waals surface area contributed by atoms with Gasteiger partial charge in [-0.2, -0.15) is 5.26 Å². The molecule has 0 bridgehead atoms. The first kappa shape index (κ1) is 24.3. The van der Waals surface area contributed by atoms with Gasteiger partial charge in [-0.25, -0.2) is 9.97 Å². The number of ether oxygens (including phenoxy) is 1. The SMILES string of the molecule is Cc1nc2ccccn2c1C(=O)N1CCN(c2nc(C(C)C)c3c(c2C#N)CC(C)(C)OC3)CC1C. The number of piperazine rings is 1. The summed E-state index contributed by atoms with van der Waals surface area (Å²) < 4.78 is 7.96. The molecule has 5 heterocycles. The average Bonchev–Trinajstić information content (AvgIpc) is 3.17. The summed E-state index contributed by atoms with van der Waals surface area (Å²) >= 11 is 0. The van der Waals surface area contributed by atoms with E-state index in [0.29, 0.717) is 43.9 Å². The van der Waals surface area contributed by atoms with Crippen LogP contribution in [0.25, 0.3) is 5.65 Å². The topological polar surface area (TPSA) is 86.8 Å². The van der Waals surface area contributed by atoms with Crippen molar-refractivity contribution in [3.8, 4) is 6.07 Å². The molecule has 8 heteroatoms. The van der Waals surface area contributed by atoms with Gasteiger partial charge >= 0.3 is 0 Å². The summed E-state index contributed by atoms with van der Waals surface area (Å²) in [6, 6.07) is 8.17. The van der Waals surface area contributed by atoms with E-state index in [4.69, 9.17) is 9.72 Å². The van der Waals surface area contributed by atoms with Crippen LogP contribution in [0.5, 0.6) is 0 Å². The van der Waals surface area contributed by atoms with E-state index in [2.05, 4.69) is 50.6 Å². The molecule has 0 saturated carbocycles. The fraction of sp³-hybridized carbons (Fsp3) is 0.500. The standard InChI is InChI=1S/C28H34N6O2/c1-17(2)24-22-16-36-28(5,6)13-20(22)21(14-29)26(31-24)32-11-12-33(18(3)15-32)27(35)25-19(4)30-23-9-7-8-10-34(23)25/h7-10,17-18H,11-13,15-16H2,1-6H3. The number of carbonyl (C=O) groups is 1. The molecule has 8 nitrogen and oxygen atoms in total. The number of pyridine rings is 2. The van der Waals surface area contributed by atoms with E-state index in [9.17, 15) is 10.1 Å². The monoisotopic (exact) mass is 486 g/mol. The van der Waals surface area contributed by atoms with E-state index in [1.807, 2.05) is 40.6 Å². The highest BCUT2D eigenvalue weighted by Crippen LogP contribution is 2.38. The minimum Gasteiger partial charge on any atom is -0.370 e. The first-order valence-corrected chi connectivity index (χ1v) is 12.7. The third kappa shape index (κ3) is 4.01. The van der Waals surface area contributed by atoms with Crippen molar-refractivity contribution in [1.29, 1.82) is 5.26 Å². The number of carbonyl (C=O) groups excluding carboxylic acids is 1. The number of hydrogen-bond donors (Lipinski definition) is 0. The molecule has 2 aliphatic rings. The van der Waals surface area contributed by atoms with Crippen molar-refractivity contribution in [3.05, 3.63) is 58.2 Å². The number of rotatable bonds is 3. The predicted molar refractivity (Wildman–Crippen MR) is 138 cm³/mol. The van der Waals surface area contributed by atoms with E-state index in [0.717, 1.165) is 34.0 Å². The molecule has 1 saturated heterocycles. The van der Waals surface area contributed by atoms with Crippen LogP contribution in [-0.2, 0) is 17.8 Å². The van der Waals surface area contributed by atoms with Crippen molar-refractivity contribution in [2.24, 2.45) is 0 Å². The minimum atomic E-state index is -0.324. The summed E-state index contributed by atoms with van der Waals surface area (Å²) in [4.78, 5) is 27.4. The normalized spacial score (nSPS) is 19.4. The van der Waals surface area contributed by atoms with Gasteiger partial charge in [0.25, 0.3) is 5.91 Å². The second-order valence-electron chi connectivity index (χ2n) is 10.9. The van der Waals surface area contributed by atoms with Gasteiger partial charge in [0.1, 0.15) is 23.2 Å². The summed E-state index contributed by atoms with van der Waals surface area (Å²) in [5, 5.41) is 10.2. The smallest absolute Gasteiger partial charge is 0.273 e. The van der Waals surface area contributed by atoms with Crippen molar-refractivity contribution in [2.75, 3.05) is 24.5 Å². The zero-order valence-electron chi connectivity index (χ0n) is 22.0. The molecule has 2 aliphatic heterocycles. The van der Waals surface area contributed by atoms with Gasteiger partial charge in [0.05, 0.1) is 29.2 Å². The highest BCUT2D eigenvalue weighted by atomic mass is 16.5. The maximum atomic E-state index is 13.6. The van der Waals surface area contributed by atoms with Gasteiger partial charge in [-0.15, -0.1) is 0 Å². The molecule has 0 spiro atoms. The third-order valence-electron chi connectivity index (χ3n) is 7.39. The predicted octanol–water partition coefficient (Wildman–Crippen LogP) is 4.24. The summed E-state index contributed by atoms with van der Waals surface area (Å²) in [6.45, 7) is 14.6. The highest BCUT2D eigenvalue weighted by molar-refractivity contribution is 5.95. The van der Waals surface area contributed by atoms with Gasteiger partial charge in [-0.3, -0.25) is 9.20 Å². The van der Waals surface area contributed by atoms with E-state index >= 15 is 0 Å². The minimum absolute atomic E-state index is 0.0148. The Bertz CT molecular complexity index is 1380. The largest absolute Gasteiger partial charge is 0.370 e. The fourth-order valence-electron chi connectivity index (χ4n) is 5.56. The van der Waals surface area contributed by atoms with Crippen LogP contribution in [0, 0.1) is 18.3 Å². The van der Waals surface area contributed by atoms with Crippen molar-refractivity contribution in [2.45, 2.75) is 72.1 Å². The van der Waals surface area contributed by atoms with Crippen molar-refractivity contribution < 1.29 is 9.53 Å². The van der Waals surface area contributed by atoms with E-state index in [1.165, 1.54) is 0 Å². The van der Waals surface area contributed by atoms with Crippen LogP contribution in [-0.4, -0.2) is 56.5 Å². The molecular weight excluding hydrogens is 452 g/mol. The quantitative estimate of drug-likeness (QED) is 0.551. The first-order chi connectivity index (χ1) is 17.1. The summed E-state index contributed by atoms with van der Waals surface area (Å²) in [5.41, 5.74) is 5.57. The van der Waals surface area contributed by atoms with Crippen molar-refractivity contribution in [3.63, 3.8) is 0 Å². The lowest BCUT2D eigenvalue weighted by molar-refractivity contribution is -0.0408. The molecule has 1 fully saturated rings. The average molecular weight is 487 g/mol. The van der Waals surface area contributed by atoms with Gasteiger partial charge in [-0.1, -0.05) is 19.9 Å². The van der Waals surface area contributed by atoms with Crippen molar-refractivity contribution >= 4 is 17.4 Å². The molecule has 0 aliphatic carbocycles. The van der Waals surface area contributed by atoms with E-state index in [1.54, 1.807) is 0 Å². The number of aromatic nitrogens is 3. The van der Waals surface area contributed by atoms with Gasteiger partial charge in [0.15, 0.2) is 0 Å². The van der Waals surface area contributed by atoms with E-state index in [-0.39, 0.29) is 23.5 Å². The van der Waals surface area contributed by atoms with Gasteiger partial charge < -0.3 is 14.5 Å². The number of imidazole rings is 1. The molecular formula is C28H34N6O2. The van der Waals surface area contributed by atoms with Gasteiger partial charge in [0, 0.05) is 43.9 Å². The molecule has 0 radical (unpaired) electrons. The third-order valence-corrected chi connectivity index (χ3v) is 7.39. The molecule has 0 aromatic carbocycles. The number of amides is 1. The molecule has 5 rings (SSSR count).